The lowest BCUT2D eigenvalue weighted by atomic mass is 10.2. The van der Waals surface area contributed by atoms with Crippen molar-refractivity contribution in [1.29, 1.82) is 0 Å². The Kier molecular flexibility index (Phi) is 6.86. The number of ether oxygens (including phenoxy) is 1. The summed E-state index contributed by atoms with van der Waals surface area (Å²) in [7, 11) is 0. The largest absolute Gasteiger partial charge is 0.389 e. The molecule has 5 heteroatoms. The summed E-state index contributed by atoms with van der Waals surface area (Å²) in [4.78, 5) is 4.76. The highest BCUT2D eigenvalue weighted by atomic mass is 35.5. The lowest BCUT2D eigenvalue weighted by Crippen LogP contribution is -2.48. The fraction of sp³-hybridized carbons (Fsp3) is 0.667. The van der Waals surface area contributed by atoms with Gasteiger partial charge in [-0.1, -0.05) is 23.7 Å². The lowest BCUT2D eigenvalue weighted by molar-refractivity contribution is -0.0587. The van der Waals surface area contributed by atoms with Gasteiger partial charge in [0.2, 0.25) is 0 Å². The molecule has 0 bridgehead atoms. The van der Waals surface area contributed by atoms with E-state index in [1.165, 1.54) is 5.56 Å². The first kappa shape index (κ1) is 18.7. The Morgan fingerprint density at radius 3 is 2.22 bits per heavy atom. The van der Waals surface area contributed by atoms with Crippen LogP contribution in [0.2, 0.25) is 5.02 Å². The average Bonchev–Trinajstić information content (AvgIpc) is 2.49. The van der Waals surface area contributed by atoms with Crippen molar-refractivity contribution < 1.29 is 9.84 Å². The Bertz CT molecular complexity index is 465. The molecule has 1 aliphatic heterocycles. The molecule has 0 aliphatic carbocycles. The second-order valence-electron chi connectivity index (χ2n) is 7.28. The second-order valence-corrected chi connectivity index (χ2v) is 7.72. The Hall–Kier alpha value is -0.650. The van der Waals surface area contributed by atoms with E-state index in [0.717, 1.165) is 37.7 Å². The van der Waals surface area contributed by atoms with E-state index in [1.807, 2.05) is 32.9 Å². The van der Waals surface area contributed by atoms with Crippen LogP contribution in [0.5, 0.6) is 0 Å². The van der Waals surface area contributed by atoms with Gasteiger partial charge in [-0.05, 0) is 38.5 Å². The second kappa shape index (κ2) is 8.45. The van der Waals surface area contributed by atoms with E-state index in [1.54, 1.807) is 0 Å². The van der Waals surface area contributed by atoms with Crippen LogP contribution < -0.4 is 0 Å². The summed E-state index contributed by atoms with van der Waals surface area (Å²) in [6.07, 6.45) is -0.419. The van der Waals surface area contributed by atoms with Crippen molar-refractivity contribution in [1.82, 2.24) is 9.80 Å². The zero-order valence-corrected chi connectivity index (χ0v) is 15.2. The van der Waals surface area contributed by atoms with E-state index in [-0.39, 0.29) is 5.60 Å². The van der Waals surface area contributed by atoms with Gasteiger partial charge in [-0.15, -0.1) is 0 Å². The highest BCUT2D eigenvalue weighted by Gasteiger charge is 2.20. The summed E-state index contributed by atoms with van der Waals surface area (Å²) >= 11 is 5.92. The molecule has 0 radical (unpaired) electrons. The lowest BCUT2D eigenvalue weighted by Gasteiger charge is -2.36. The number of hydrogen-bond acceptors (Lipinski definition) is 4. The molecule has 130 valence electrons. The van der Waals surface area contributed by atoms with Gasteiger partial charge in [-0.25, -0.2) is 0 Å². The Balaban J connectivity index is 1.68. The Morgan fingerprint density at radius 1 is 1.09 bits per heavy atom. The van der Waals surface area contributed by atoms with Gasteiger partial charge in [-0.2, -0.15) is 0 Å². The molecule has 0 amide bonds. The van der Waals surface area contributed by atoms with Crippen molar-refractivity contribution in [3.8, 4) is 0 Å². The molecule has 0 aromatic heterocycles. The molecule has 1 aromatic carbocycles. The summed E-state index contributed by atoms with van der Waals surface area (Å²) in [6, 6.07) is 8.06. The number of β-amino-alcohol motifs (C(OH)–C–C–N with tert-alkyl or cyclic N) is 1. The molecule has 1 fully saturated rings. The van der Waals surface area contributed by atoms with Gasteiger partial charge in [0.25, 0.3) is 0 Å². The molecule has 23 heavy (non-hydrogen) atoms. The van der Waals surface area contributed by atoms with Crippen molar-refractivity contribution in [3.05, 3.63) is 34.9 Å². The van der Waals surface area contributed by atoms with Gasteiger partial charge in [0.15, 0.2) is 0 Å². The first-order valence-corrected chi connectivity index (χ1v) is 8.71. The number of piperazine rings is 1. The van der Waals surface area contributed by atoms with Crippen LogP contribution in [-0.4, -0.2) is 65.9 Å². The first-order chi connectivity index (χ1) is 10.8. The summed E-state index contributed by atoms with van der Waals surface area (Å²) in [5, 5.41) is 10.9. The van der Waals surface area contributed by atoms with Crippen molar-refractivity contribution in [2.24, 2.45) is 0 Å². The quantitative estimate of drug-likeness (QED) is 0.863. The third-order valence-electron chi connectivity index (χ3n) is 3.96. The number of benzene rings is 1. The van der Waals surface area contributed by atoms with Crippen LogP contribution in [0.15, 0.2) is 24.3 Å². The molecule has 1 heterocycles. The zero-order chi connectivity index (χ0) is 16.9. The number of nitrogens with zero attached hydrogens (tertiary/aromatic N) is 2. The van der Waals surface area contributed by atoms with Crippen molar-refractivity contribution in [2.75, 3.05) is 39.3 Å². The monoisotopic (exact) mass is 340 g/mol. The first-order valence-electron chi connectivity index (χ1n) is 8.33. The van der Waals surface area contributed by atoms with E-state index in [0.29, 0.717) is 13.2 Å². The normalized spacial score (nSPS) is 19.0. The zero-order valence-electron chi connectivity index (χ0n) is 14.5. The van der Waals surface area contributed by atoms with Crippen LogP contribution in [0.4, 0.5) is 0 Å². The van der Waals surface area contributed by atoms with Gasteiger partial charge in [0.05, 0.1) is 18.3 Å². The van der Waals surface area contributed by atoms with E-state index < -0.39 is 6.10 Å². The molecular weight excluding hydrogens is 312 g/mol. The van der Waals surface area contributed by atoms with Gasteiger partial charge < -0.3 is 9.84 Å². The maximum atomic E-state index is 10.1. The van der Waals surface area contributed by atoms with Crippen LogP contribution in [0, 0.1) is 0 Å². The molecular formula is C18H29ClN2O2. The molecule has 0 unspecified atom stereocenters. The minimum Gasteiger partial charge on any atom is -0.389 e. The van der Waals surface area contributed by atoms with E-state index in [4.69, 9.17) is 16.3 Å². The van der Waals surface area contributed by atoms with Crippen molar-refractivity contribution >= 4 is 11.6 Å². The summed E-state index contributed by atoms with van der Waals surface area (Å²) in [6.45, 7) is 12.1. The third kappa shape index (κ3) is 7.19. The van der Waals surface area contributed by atoms with Crippen LogP contribution in [0.25, 0.3) is 0 Å². The Morgan fingerprint density at radius 2 is 1.65 bits per heavy atom. The molecule has 1 atom stereocenters. The van der Waals surface area contributed by atoms with Gasteiger partial charge in [0, 0.05) is 44.3 Å². The SMILES string of the molecule is CC(C)(C)OC[C@@H](O)CN1CCN(Cc2ccc(Cl)cc2)CC1. The number of aliphatic hydroxyl groups excluding tert-OH is 1. The minimum absolute atomic E-state index is 0.196. The van der Waals surface area contributed by atoms with Crippen molar-refractivity contribution in [2.45, 2.75) is 39.0 Å². The van der Waals surface area contributed by atoms with Crippen molar-refractivity contribution in [3.63, 3.8) is 0 Å². The molecule has 2 rings (SSSR count). The maximum absolute atomic E-state index is 10.1. The fourth-order valence-electron chi connectivity index (χ4n) is 2.67. The number of rotatable bonds is 6. The van der Waals surface area contributed by atoms with Gasteiger partial charge >= 0.3 is 0 Å². The summed E-state index contributed by atoms with van der Waals surface area (Å²) < 4.78 is 5.64. The molecule has 1 aromatic rings. The molecule has 1 aliphatic rings. The molecule has 0 saturated carbocycles. The predicted octanol–water partition coefficient (Wildman–Crippen LogP) is 2.63. The van der Waals surface area contributed by atoms with Crippen LogP contribution in [-0.2, 0) is 11.3 Å². The summed E-state index contributed by atoms with van der Waals surface area (Å²) in [5.41, 5.74) is 1.10. The number of aliphatic hydroxyl groups is 1. The summed E-state index contributed by atoms with van der Waals surface area (Å²) in [5.74, 6) is 0. The predicted molar refractivity (Wildman–Crippen MR) is 94.9 cm³/mol. The van der Waals surface area contributed by atoms with E-state index >= 15 is 0 Å². The molecule has 1 N–H and O–H groups in total. The van der Waals surface area contributed by atoms with Crippen LogP contribution in [0.3, 0.4) is 0 Å². The highest BCUT2D eigenvalue weighted by molar-refractivity contribution is 6.30. The molecule has 0 spiro atoms. The highest BCUT2D eigenvalue weighted by Crippen LogP contribution is 2.13. The minimum atomic E-state index is -0.419. The smallest absolute Gasteiger partial charge is 0.0900 e. The number of hydrogen-bond donors (Lipinski definition) is 1. The fourth-order valence-corrected chi connectivity index (χ4v) is 2.80. The Labute approximate surface area is 145 Å². The standard InChI is InChI=1S/C18H29ClN2O2/c1-18(2,3)23-14-17(22)13-21-10-8-20(9-11-21)12-15-4-6-16(19)7-5-15/h4-7,17,22H,8-14H2,1-3H3/t17-/m0/s1. The number of halogens is 1. The van der Waals surface area contributed by atoms with Gasteiger partial charge in [0.1, 0.15) is 0 Å². The van der Waals surface area contributed by atoms with E-state index in [2.05, 4.69) is 21.9 Å². The molecule has 1 saturated heterocycles. The van der Waals surface area contributed by atoms with Crippen LogP contribution >= 0.6 is 11.6 Å². The molecule has 4 nitrogen and oxygen atoms in total. The van der Waals surface area contributed by atoms with E-state index in [9.17, 15) is 5.11 Å². The maximum Gasteiger partial charge on any atom is 0.0900 e. The third-order valence-corrected chi connectivity index (χ3v) is 4.21. The average molecular weight is 341 g/mol. The topological polar surface area (TPSA) is 35.9 Å². The van der Waals surface area contributed by atoms with Gasteiger partial charge in [-0.3, -0.25) is 9.80 Å². The van der Waals surface area contributed by atoms with Crippen LogP contribution in [0.1, 0.15) is 26.3 Å².